The Morgan fingerprint density at radius 3 is 2.56 bits per heavy atom. The van der Waals surface area contributed by atoms with Gasteiger partial charge >= 0.3 is 30.9 Å². The quantitative estimate of drug-likeness (QED) is 0.149. The third-order valence-electron chi connectivity index (χ3n) is 6.69. The number of carboxylic acid groups (broad SMARTS) is 1. The van der Waals surface area contributed by atoms with Crippen LogP contribution in [-0.2, 0) is 20.8 Å². The predicted octanol–water partition coefficient (Wildman–Crippen LogP) is 0.421. The van der Waals surface area contributed by atoms with Crippen molar-refractivity contribution in [2.45, 2.75) is 31.7 Å². The lowest BCUT2D eigenvalue weighted by molar-refractivity contribution is -0.153. The van der Waals surface area contributed by atoms with Crippen molar-refractivity contribution in [3.63, 3.8) is 0 Å². The van der Waals surface area contributed by atoms with E-state index in [4.69, 9.17) is 16.3 Å². The standard InChI is InChI=1S/C25H26BClN4O10/c1-2-8-30-9-10-31(23(36)22(30)35)25(39)29-18(13-6-7-15(32)19(33)17(13)27)21(34)28-16-11-12-4-3-5-14(24(37)38)20(12)41-26(16)40/h3-7,16,18,32-33,40H,2,8-11H2,1H3,(H,28,34)(H,29,39)(H,37,38)/t16-,18?/m0/s1. The summed E-state index contributed by atoms with van der Waals surface area (Å²) in [7, 11) is -1.68. The molecule has 4 rings (SSSR count). The van der Waals surface area contributed by atoms with Crippen molar-refractivity contribution in [1.29, 1.82) is 0 Å². The van der Waals surface area contributed by atoms with E-state index in [2.05, 4.69) is 10.6 Å². The number of nitrogens with zero attached hydrogens (tertiary/aromatic N) is 2. The molecule has 41 heavy (non-hydrogen) atoms. The highest BCUT2D eigenvalue weighted by molar-refractivity contribution is 6.47. The average molecular weight is 589 g/mol. The minimum Gasteiger partial charge on any atom is -0.534 e. The number of hydrogen-bond acceptors (Lipinski definition) is 9. The number of rotatable bonds is 7. The second-order valence-electron chi connectivity index (χ2n) is 9.39. The minimum absolute atomic E-state index is 0.0506. The molecule has 5 amide bonds. The summed E-state index contributed by atoms with van der Waals surface area (Å²) in [4.78, 5) is 65.2. The number of para-hydroxylation sites is 1. The molecule has 0 bridgehead atoms. The number of carbonyl (C=O) groups excluding carboxylic acids is 4. The SMILES string of the molecule is CCCN1CCN(C(=O)NC(C(=O)N[C@H]2Cc3cccc(C(=O)O)c3OB2O)c2ccc(O)c(O)c2Cl)C(=O)C1=O. The van der Waals surface area contributed by atoms with Crippen molar-refractivity contribution in [2.24, 2.45) is 0 Å². The lowest BCUT2D eigenvalue weighted by Gasteiger charge is -2.34. The highest BCUT2D eigenvalue weighted by atomic mass is 35.5. The summed E-state index contributed by atoms with van der Waals surface area (Å²) in [6, 6.07) is 3.74. The maximum atomic E-state index is 13.5. The Bertz CT molecular complexity index is 1420. The van der Waals surface area contributed by atoms with Gasteiger partial charge in [-0.15, -0.1) is 0 Å². The third-order valence-corrected chi connectivity index (χ3v) is 7.09. The van der Waals surface area contributed by atoms with Gasteiger partial charge in [0.15, 0.2) is 11.5 Å². The van der Waals surface area contributed by atoms with Gasteiger partial charge in [0.25, 0.3) is 0 Å². The van der Waals surface area contributed by atoms with Crippen LogP contribution in [0, 0.1) is 0 Å². The largest absolute Gasteiger partial charge is 0.547 e. The van der Waals surface area contributed by atoms with Gasteiger partial charge in [0.05, 0.1) is 16.5 Å². The number of imide groups is 1. The molecular formula is C25H26BClN4O10. The van der Waals surface area contributed by atoms with Gasteiger partial charge in [-0.05, 0) is 30.5 Å². The zero-order valence-electron chi connectivity index (χ0n) is 21.7. The van der Waals surface area contributed by atoms with E-state index in [9.17, 15) is 44.3 Å². The van der Waals surface area contributed by atoms with Gasteiger partial charge in [-0.2, -0.15) is 0 Å². The van der Waals surface area contributed by atoms with Gasteiger partial charge in [0.1, 0.15) is 11.8 Å². The van der Waals surface area contributed by atoms with E-state index in [0.717, 1.165) is 12.1 Å². The first-order valence-corrected chi connectivity index (χ1v) is 12.9. The van der Waals surface area contributed by atoms with E-state index in [0.29, 0.717) is 23.4 Å². The van der Waals surface area contributed by atoms with E-state index in [-0.39, 0.29) is 36.4 Å². The molecule has 1 saturated heterocycles. The monoisotopic (exact) mass is 588 g/mol. The van der Waals surface area contributed by atoms with Crippen molar-refractivity contribution < 1.29 is 49.0 Å². The van der Waals surface area contributed by atoms with Crippen molar-refractivity contribution >= 4 is 48.4 Å². The molecule has 0 aliphatic carbocycles. The molecule has 2 aliphatic heterocycles. The van der Waals surface area contributed by atoms with Gasteiger partial charge < -0.3 is 40.5 Å². The van der Waals surface area contributed by atoms with Crippen LogP contribution in [0.3, 0.4) is 0 Å². The van der Waals surface area contributed by atoms with Crippen LogP contribution in [0.25, 0.3) is 0 Å². The van der Waals surface area contributed by atoms with Crippen LogP contribution in [0.1, 0.15) is 40.9 Å². The lowest BCUT2D eigenvalue weighted by Crippen LogP contribution is -2.60. The van der Waals surface area contributed by atoms with Crippen LogP contribution in [0.2, 0.25) is 5.02 Å². The molecule has 16 heteroatoms. The summed E-state index contributed by atoms with van der Waals surface area (Å²) in [6.07, 6.45) is 0.556. The summed E-state index contributed by atoms with van der Waals surface area (Å²) in [5.74, 6) is -6.75. The van der Waals surface area contributed by atoms with Crippen molar-refractivity contribution in [2.75, 3.05) is 19.6 Å². The highest BCUT2D eigenvalue weighted by Gasteiger charge is 2.41. The number of phenols is 2. The highest BCUT2D eigenvalue weighted by Crippen LogP contribution is 2.38. The smallest absolute Gasteiger partial charge is 0.534 e. The number of nitrogens with one attached hydrogen (secondary N) is 2. The number of carboxylic acids is 1. The van der Waals surface area contributed by atoms with E-state index < -0.39 is 65.3 Å². The van der Waals surface area contributed by atoms with Gasteiger partial charge in [0, 0.05) is 25.2 Å². The van der Waals surface area contributed by atoms with E-state index in [1.54, 1.807) is 6.07 Å². The number of phenolic OH excluding ortho intramolecular Hbond substituents is 2. The minimum atomic E-state index is -1.68. The van der Waals surface area contributed by atoms with E-state index in [1.165, 1.54) is 17.0 Å². The van der Waals surface area contributed by atoms with Gasteiger partial charge in [-0.25, -0.2) is 9.59 Å². The van der Waals surface area contributed by atoms with Crippen LogP contribution >= 0.6 is 11.6 Å². The summed E-state index contributed by atoms with van der Waals surface area (Å²) < 4.78 is 5.39. The summed E-state index contributed by atoms with van der Waals surface area (Å²) in [6.45, 7) is 2.11. The number of aromatic hydroxyl groups is 2. The first kappa shape index (κ1) is 29.5. The average Bonchev–Trinajstić information content (AvgIpc) is 2.93. The Morgan fingerprint density at radius 2 is 1.88 bits per heavy atom. The van der Waals surface area contributed by atoms with Gasteiger partial charge in [-0.3, -0.25) is 19.3 Å². The Balaban J connectivity index is 1.60. The molecule has 6 N–H and O–H groups in total. The van der Waals surface area contributed by atoms with E-state index >= 15 is 0 Å². The van der Waals surface area contributed by atoms with Gasteiger partial charge in [0.2, 0.25) is 5.91 Å². The summed E-state index contributed by atoms with van der Waals surface area (Å²) >= 11 is 6.19. The normalized spacial score (nSPS) is 17.4. The molecular weight excluding hydrogens is 563 g/mol. The molecule has 2 atom stereocenters. The summed E-state index contributed by atoms with van der Waals surface area (Å²) in [5, 5.41) is 44.3. The van der Waals surface area contributed by atoms with Crippen LogP contribution in [0.4, 0.5) is 4.79 Å². The van der Waals surface area contributed by atoms with Crippen LogP contribution in [0.15, 0.2) is 30.3 Å². The molecule has 0 saturated carbocycles. The summed E-state index contributed by atoms with van der Waals surface area (Å²) in [5.41, 5.74) is 0.0347. The number of halogens is 1. The fourth-order valence-electron chi connectivity index (χ4n) is 4.61. The molecule has 0 radical (unpaired) electrons. The maximum Gasteiger partial charge on any atom is 0.547 e. The fourth-order valence-corrected chi connectivity index (χ4v) is 4.88. The van der Waals surface area contributed by atoms with Crippen LogP contribution in [-0.4, -0.2) is 92.6 Å². The molecule has 1 unspecified atom stereocenters. The molecule has 2 aliphatic rings. The molecule has 2 aromatic carbocycles. The first-order valence-electron chi connectivity index (χ1n) is 12.6. The number of hydrogen-bond donors (Lipinski definition) is 6. The number of fused-ring (bicyclic) bond motifs is 1. The molecule has 216 valence electrons. The van der Waals surface area contributed by atoms with Crippen molar-refractivity contribution in [1.82, 2.24) is 20.4 Å². The van der Waals surface area contributed by atoms with Crippen molar-refractivity contribution in [3.8, 4) is 17.2 Å². The third kappa shape index (κ3) is 5.86. The second-order valence-corrected chi connectivity index (χ2v) is 9.77. The Morgan fingerprint density at radius 1 is 1.15 bits per heavy atom. The van der Waals surface area contributed by atoms with Crippen molar-refractivity contribution in [3.05, 3.63) is 52.0 Å². The molecule has 0 spiro atoms. The number of carbonyl (C=O) groups is 5. The zero-order chi connectivity index (χ0) is 30.0. The topological polar surface area (TPSA) is 206 Å². The number of aromatic carboxylic acids is 1. The molecule has 0 aromatic heterocycles. The Hall–Kier alpha value is -4.50. The lowest BCUT2D eigenvalue weighted by atomic mass is 9.72. The Labute approximate surface area is 238 Å². The van der Waals surface area contributed by atoms with E-state index in [1.807, 2.05) is 6.92 Å². The van der Waals surface area contributed by atoms with Crippen LogP contribution < -0.4 is 15.3 Å². The number of piperazine rings is 1. The zero-order valence-corrected chi connectivity index (χ0v) is 22.4. The second kappa shape index (κ2) is 11.9. The number of amides is 5. The maximum absolute atomic E-state index is 13.5. The number of benzene rings is 2. The predicted molar refractivity (Wildman–Crippen MR) is 142 cm³/mol. The van der Waals surface area contributed by atoms with Gasteiger partial charge in [-0.1, -0.05) is 36.7 Å². The Kier molecular flexibility index (Phi) is 8.59. The molecule has 2 heterocycles. The molecule has 14 nitrogen and oxygen atoms in total. The fraction of sp³-hybridized carbons (Fsp3) is 0.320. The first-order chi connectivity index (χ1) is 19.4. The number of urea groups is 1. The molecule has 1 fully saturated rings. The molecule has 2 aromatic rings. The van der Waals surface area contributed by atoms with Crippen LogP contribution in [0.5, 0.6) is 17.2 Å².